The quantitative estimate of drug-likeness (QED) is 0.873. The molecule has 1 aromatic heterocycles. The molecule has 0 saturated heterocycles. The Morgan fingerprint density at radius 3 is 2.67 bits per heavy atom. The molecule has 0 radical (unpaired) electrons. The van der Waals surface area contributed by atoms with E-state index in [0.717, 1.165) is 10.2 Å². The average Bonchev–Trinajstić information content (AvgIpc) is 2.81. The molecule has 1 heterocycles. The number of halogens is 1. The third kappa shape index (κ3) is 3.06. The molecule has 0 amide bonds. The molecule has 4 heteroatoms. The lowest BCUT2D eigenvalue weighted by atomic mass is 10.1. The van der Waals surface area contributed by atoms with Crippen LogP contribution in [0.2, 0.25) is 0 Å². The van der Waals surface area contributed by atoms with Crippen molar-refractivity contribution in [2.75, 3.05) is 24.3 Å². The fourth-order valence-corrected chi connectivity index (χ4v) is 2.97. The first kappa shape index (κ1) is 13.4. The van der Waals surface area contributed by atoms with Crippen LogP contribution in [0.15, 0.2) is 39.5 Å². The van der Waals surface area contributed by atoms with Gasteiger partial charge in [0.25, 0.3) is 0 Å². The molecule has 18 heavy (non-hydrogen) atoms. The number of hydrogen-bond acceptors (Lipinski definition) is 3. The summed E-state index contributed by atoms with van der Waals surface area (Å²) in [5, 5.41) is 7.87. The number of nitrogens with one attached hydrogen (secondary N) is 1. The van der Waals surface area contributed by atoms with E-state index in [2.05, 4.69) is 82.2 Å². The van der Waals surface area contributed by atoms with Crippen molar-refractivity contribution in [1.29, 1.82) is 0 Å². The van der Waals surface area contributed by atoms with Gasteiger partial charge >= 0.3 is 0 Å². The van der Waals surface area contributed by atoms with Crippen molar-refractivity contribution in [3.8, 4) is 0 Å². The number of hydrogen-bond donors (Lipinski definition) is 1. The van der Waals surface area contributed by atoms with Gasteiger partial charge in [0, 0.05) is 24.6 Å². The molecular weight excluding hydrogens is 308 g/mol. The molecular formula is C14H17BrN2S. The molecule has 2 aromatic rings. The zero-order valence-electron chi connectivity index (χ0n) is 10.8. The lowest BCUT2D eigenvalue weighted by Gasteiger charge is -2.22. The zero-order chi connectivity index (χ0) is 13.1. The second kappa shape index (κ2) is 5.76. The molecule has 0 bridgehead atoms. The van der Waals surface area contributed by atoms with Crippen LogP contribution in [0, 0.1) is 0 Å². The summed E-state index contributed by atoms with van der Waals surface area (Å²) in [6, 6.07) is 8.78. The first-order valence-corrected chi connectivity index (χ1v) is 7.57. The van der Waals surface area contributed by atoms with Crippen LogP contribution in [0.5, 0.6) is 0 Å². The molecule has 0 fully saturated rings. The van der Waals surface area contributed by atoms with E-state index in [-0.39, 0.29) is 0 Å². The molecule has 1 atom stereocenters. The summed E-state index contributed by atoms with van der Waals surface area (Å²) in [6.07, 6.45) is 0. The molecule has 1 aromatic carbocycles. The number of benzene rings is 1. The highest BCUT2D eigenvalue weighted by atomic mass is 79.9. The second-order valence-corrected chi connectivity index (χ2v) is 6.17. The van der Waals surface area contributed by atoms with Crippen LogP contribution in [0.3, 0.4) is 0 Å². The molecule has 96 valence electrons. The zero-order valence-corrected chi connectivity index (χ0v) is 13.2. The summed E-state index contributed by atoms with van der Waals surface area (Å²) in [7, 11) is 4.12. The Kier molecular flexibility index (Phi) is 4.30. The number of rotatable bonds is 4. The SMILES string of the molecule is CC(Nc1cc(Br)ccc1N(C)C)c1ccsc1. The van der Waals surface area contributed by atoms with Gasteiger partial charge in [0.15, 0.2) is 0 Å². The number of nitrogens with zero attached hydrogens (tertiary/aromatic N) is 1. The first-order chi connectivity index (χ1) is 8.58. The smallest absolute Gasteiger partial charge is 0.0597 e. The van der Waals surface area contributed by atoms with E-state index in [0.29, 0.717) is 6.04 Å². The van der Waals surface area contributed by atoms with Gasteiger partial charge in [0.05, 0.1) is 11.4 Å². The largest absolute Gasteiger partial charge is 0.377 e. The van der Waals surface area contributed by atoms with E-state index in [1.54, 1.807) is 11.3 Å². The molecule has 0 aliphatic carbocycles. The van der Waals surface area contributed by atoms with E-state index in [4.69, 9.17) is 0 Å². The molecule has 0 saturated carbocycles. The second-order valence-electron chi connectivity index (χ2n) is 4.48. The summed E-state index contributed by atoms with van der Waals surface area (Å²) in [5.41, 5.74) is 3.66. The number of anilines is 2. The highest BCUT2D eigenvalue weighted by Gasteiger charge is 2.10. The van der Waals surface area contributed by atoms with E-state index >= 15 is 0 Å². The van der Waals surface area contributed by atoms with Crippen molar-refractivity contribution in [2.45, 2.75) is 13.0 Å². The van der Waals surface area contributed by atoms with E-state index in [9.17, 15) is 0 Å². The molecule has 2 nitrogen and oxygen atoms in total. The van der Waals surface area contributed by atoms with Gasteiger partial charge in [0.1, 0.15) is 0 Å². The maximum atomic E-state index is 3.57. The third-order valence-corrected chi connectivity index (χ3v) is 4.05. The van der Waals surface area contributed by atoms with Gasteiger partial charge in [-0.2, -0.15) is 11.3 Å². The Bertz CT molecular complexity index is 509. The van der Waals surface area contributed by atoms with Crippen molar-refractivity contribution in [2.24, 2.45) is 0 Å². The van der Waals surface area contributed by atoms with Crippen LogP contribution in [-0.4, -0.2) is 14.1 Å². The molecule has 1 N–H and O–H groups in total. The minimum Gasteiger partial charge on any atom is -0.377 e. The van der Waals surface area contributed by atoms with Crippen LogP contribution in [0.25, 0.3) is 0 Å². The standard InChI is InChI=1S/C14H17BrN2S/c1-10(11-6-7-18-9-11)16-13-8-12(15)4-5-14(13)17(2)3/h4-10,16H,1-3H3. The molecule has 1 unspecified atom stereocenters. The first-order valence-electron chi connectivity index (χ1n) is 5.83. The Labute approximate surface area is 121 Å². The summed E-state index contributed by atoms with van der Waals surface area (Å²) < 4.78 is 1.09. The maximum absolute atomic E-state index is 3.57. The fraction of sp³-hybridized carbons (Fsp3) is 0.286. The van der Waals surface area contributed by atoms with Crippen LogP contribution in [-0.2, 0) is 0 Å². The summed E-state index contributed by atoms with van der Waals surface area (Å²) in [4.78, 5) is 2.12. The minimum absolute atomic E-state index is 0.309. The van der Waals surface area contributed by atoms with Crippen LogP contribution < -0.4 is 10.2 Å². The van der Waals surface area contributed by atoms with Crippen molar-refractivity contribution >= 4 is 38.6 Å². The summed E-state index contributed by atoms with van der Waals surface area (Å²) >= 11 is 5.26. The molecule has 0 spiro atoms. The van der Waals surface area contributed by atoms with E-state index < -0.39 is 0 Å². The Morgan fingerprint density at radius 1 is 1.28 bits per heavy atom. The van der Waals surface area contributed by atoms with Crippen molar-refractivity contribution in [3.05, 3.63) is 45.1 Å². The van der Waals surface area contributed by atoms with Gasteiger partial charge in [-0.05, 0) is 47.5 Å². The summed E-state index contributed by atoms with van der Waals surface area (Å²) in [6.45, 7) is 2.18. The topological polar surface area (TPSA) is 15.3 Å². The van der Waals surface area contributed by atoms with Crippen LogP contribution in [0.4, 0.5) is 11.4 Å². The van der Waals surface area contributed by atoms with E-state index in [1.807, 2.05) is 0 Å². The van der Waals surface area contributed by atoms with Gasteiger partial charge in [0.2, 0.25) is 0 Å². The molecule has 0 aliphatic heterocycles. The van der Waals surface area contributed by atoms with Gasteiger partial charge in [-0.1, -0.05) is 15.9 Å². The van der Waals surface area contributed by atoms with Crippen molar-refractivity contribution < 1.29 is 0 Å². The predicted octanol–water partition coefficient (Wildman–Crippen LogP) is 4.75. The number of thiophene rings is 1. The molecule has 0 aliphatic rings. The van der Waals surface area contributed by atoms with Gasteiger partial charge in [-0.15, -0.1) is 0 Å². The normalized spacial score (nSPS) is 12.2. The van der Waals surface area contributed by atoms with Gasteiger partial charge in [-0.3, -0.25) is 0 Å². The Hall–Kier alpha value is -1.00. The molecule has 2 rings (SSSR count). The fourth-order valence-electron chi connectivity index (χ4n) is 1.85. The van der Waals surface area contributed by atoms with Crippen molar-refractivity contribution in [3.63, 3.8) is 0 Å². The third-order valence-electron chi connectivity index (χ3n) is 2.86. The van der Waals surface area contributed by atoms with Crippen LogP contribution in [0.1, 0.15) is 18.5 Å². The maximum Gasteiger partial charge on any atom is 0.0597 e. The van der Waals surface area contributed by atoms with Gasteiger partial charge < -0.3 is 10.2 Å². The Morgan fingerprint density at radius 2 is 2.06 bits per heavy atom. The van der Waals surface area contributed by atoms with Crippen molar-refractivity contribution in [1.82, 2.24) is 0 Å². The van der Waals surface area contributed by atoms with Crippen LogP contribution >= 0.6 is 27.3 Å². The highest BCUT2D eigenvalue weighted by Crippen LogP contribution is 2.31. The lowest BCUT2D eigenvalue weighted by molar-refractivity contribution is 0.888. The monoisotopic (exact) mass is 324 g/mol. The lowest BCUT2D eigenvalue weighted by Crippen LogP contribution is -2.13. The minimum atomic E-state index is 0.309. The van der Waals surface area contributed by atoms with E-state index in [1.165, 1.54) is 11.3 Å². The van der Waals surface area contributed by atoms with Gasteiger partial charge in [-0.25, -0.2) is 0 Å². The summed E-state index contributed by atoms with van der Waals surface area (Å²) in [5.74, 6) is 0. The predicted molar refractivity (Wildman–Crippen MR) is 84.8 cm³/mol. The average molecular weight is 325 g/mol. The Balaban J connectivity index is 2.25. The highest BCUT2D eigenvalue weighted by molar-refractivity contribution is 9.10.